The minimum atomic E-state index is -4.42. The quantitative estimate of drug-likeness (QED) is 0.394. The van der Waals surface area contributed by atoms with Crippen molar-refractivity contribution in [2.45, 2.75) is 16.2 Å². The van der Waals surface area contributed by atoms with Gasteiger partial charge in [0.05, 0.1) is 5.56 Å². The molecule has 5 nitrogen and oxygen atoms in total. The molecule has 2 rings (SSSR count). The smallest absolute Gasteiger partial charge is 0.409 e. The van der Waals surface area contributed by atoms with E-state index in [2.05, 4.69) is 15.1 Å². The second kappa shape index (κ2) is 6.00. The molecule has 3 N–H and O–H groups in total. The van der Waals surface area contributed by atoms with E-state index in [1.54, 1.807) is 12.1 Å². The second-order valence-electron chi connectivity index (χ2n) is 3.85. The van der Waals surface area contributed by atoms with Crippen molar-refractivity contribution in [3.63, 3.8) is 0 Å². The van der Waals surface area contributed by atoms with Crippen LogP contribution in [0.4, 0.5) is 13.2 Å². The number of amidine groups is 1. The minimum absolute atomic E-state index is 0.0837. The van der Waals surface area contributed by atoms with Crippen LogP contribution in [0.5, 0.6) is 0 Å². The number of hydrogen-bond donors (Lipinski definition) is 2. The molecule has 0 aliphatic carbocycles. The third-order valence-electron chi connectivity index (χ3n) is 2.41. The van der Waals surface area contributed by atoms with Crippen molar-refractivity contribution in [1.82, 2.24) is 9.97 Å². The molecule has 2 aromatic heterocycles. The number of aromatic nitrogens is 2. The van der Waals surface area contributed by atoms with Crippen LogP contribution in [0.15, 0.2) is 51.9 Å². The summed E-state index contributed by atoms with van der Waals surface area (Å²) < 4.78 is 37.3. The summed E-state index contributed by atoms with van der Waals surface area (Å²) in [7, 11) is 0. The standard InChI is InChI=1S/C12H9F3N4OS/c13-12(14,15)8-1-2-9(18-6-8)21-10-5-7(3-4-17-10)11(16)19-20/h1-6,20H,(H2,16,19). The van der Waals surface area contributed by atoms with Gasteiger partial charge in [0.2, 0.25) is 0 Å². The van der Waals surface area contributed by atoms with E-state index in [-0.39, 0.29) is 5.84 Å². The molecule has 0 atom stereocenters. The lowest BCUT2D eigenvalue weighted by Crippen LogP contribution is -2.13. The van der Waals surface area contributed by atoms with Crippen LogP contribution in [0.2, 0.25) is 0 Å². The topological polar surface area (TPSA) is 84.4 Å². The second-order valence-corrected chi connectivity index (χ2v) is 4.89. The Balaban J connectivity index is 2.19. The van der Waals surface area contributed by atoms with Gasteiger partial charge in [-0.05, 0) is 24.3 Å². The van der Waals surface area contributed by atoms with E-state index in [4.69, 9.17) is 10.9 Å². The summed E-state index contributed by atoms with van der Waals surface area (Å²) in [5.74, 6) is -0.0837. The van der Waals surface area contributed by atoms with Crippen LogP contribution in [0, 0.1) is 0 Å². The van der Waals surface area contributed by atoms with E-state index < -0.39 is 11.7 Å². The van der Waals surface area contributed by atoms with Crippen LogP contribution in [0.25, 0.3) is 0 Å². The van der Waals surface area contributed by atoms with Gasteiger partial charge in [0.15, 0.2) is 5.84 Å². The number of halogens is 3. The predicted molar refractivity (Wildman–Crippen MR) is 70.1 cm³/mol. The van der Waals surface area contributed by atoms with E-state index in [1.807, 2.05) is 0 Å². The van der Waals surface area contributed by atoms with Crippen molar-refractivity contribution >= 4 is 17.6 Å². The average Bonchev–Trinajstić information content (AvgIpc) is 2.46. The number of alkyl halides is 3. The van der Waals surface area contributed by atoms with Crippen LogP contribution < -0.4 is 5.73 Å². The van der Waals surface area contributed by atoms with E-state index in [9.17, 15) is 13.2 Å². The molecule has 0 amide bonds. The number of hydrogen-bond acceptors (Lipinski definition) is 5. The lowest BCUT2D eigenvalue weighted by atomic mass is 10.2. The van der Waals surface area contributed by atoms with Crippen molar-refractivity contribution in [1.29, 1.82) is 0 Å². The van der Waals surface area contributed by atoms with Crippen molar-refractivity contribution in [3.8, 4) is 0 Å². The molecule has 0 aromatic carbocycles. The first-order valence-corrected chi connectivity index (χ1v) is 6.37. The summed E-state index contributed by atoms with van der Waals surface area (Å²) in [6, 6.07) is 5.28. The van der Waals surface area contributed by atoms with E-state index in [0.29, 0.717) is 15.6 Å². The number of nitrogens with zero attached hydrogens (tertiary/aromatic N) is 3. The normalized spacial score (nSPS) is 12.4. The summed E-state index contributed by atoms with van der Waals surface area (Å²) in [6.07, 6.45) is -2.21. The van der Waals surface area contributed by atoms with Gasteiger partial charge in [-0.2, -0.15) is 13.2 Å². The zero-order chi connectivity index (χ0) is 15.5. The van der Waals surface area contributed by atoms with Crippen molar-refractivity contribution in [3.05, 3.63) is 47.8 Å². The molecule has 0 radical (unpaired) electrons. The van der Waals surface area contributed by atoms with Crippen molar-refractivity contribution in [2.24, 2.45) is 10.9 Å². The summed E-state index contributed by atoms with van der Waals surface area (Å²) in [5.41, 5.74) is 5.08. The lowest BCUT2D eigenvalue weighted by molar-refractivity contribution is -0.137. The first kappa shape index (κ1) is 15.1. The molecule has 0 aliphatic rings. The maximum Gasteiger partial charge on any atom is 0.417 e. The fourth-order valence-corrected chi connectivity index (χ4v) is 2.15. The first-order valence-electron chi connectivity index (χ1n) is 5.55. The summed E-state index contributed by atoms with van der Waals surface area (Å²) in [4.78, 5) is 7.76. The largest absolute Gasteiger partial charge is 0.417 e. The van der Waals surface area contributed by atoms with Gasteiger partial charge < -0.3 is 10.9 Å². The van der Waals surface area contributed by atoms with Crippen LogP contribution in [-0.2, 0) is 6.18 Å². The lowest BCUT2D eigenvalue weighted by Gasteiger charge is -2.06. The van der Waals surface area contributed by atoms with E-state index >= 15 is 0 Å². The summed E-state index contributed by atoms with van der Waals surface area (Å²) >= 11 is 1.07. The van der Waals surface area contributed by atoms with Crippen LogP contribution in [0.3, 0.4) is 0 Å². The highest BCUT2D eigenvalue weighted by atomic mass is 32.2. The molecular formula is C12H9F3N4OS. The molecule has 0 fully saturated rings. The molecule has 0 aliphatic heterocycles. The summed E-state index contributed by atoms with van der Waals surface area (Å²) in [6.45, 7) is 0. The predicted octanol–water partition coefficient (Wildman–Crippen LogP) is 2.74. The maximum absolute atomic E-state index is 12.4. The Labute approximate surface area is 121 Å². The number of oxime groups is 1. The Bertz CT molecular complexity index is 658. The molecule has 0 spiro atoms. The number of pyridine rings is 2. The van der Waals surface area contributed by atoms with Gasteiger partial charge in [0.1, 0.15) is 10.1 Å². The highest BCUT2D eigenvalue weighted by Crippen LogP contribution is 2.31. The molecule has 0 saturated carbocycles. The van der Waals surface area contributed by atoms with Crippen LogP contribution in [0.1, 0.15) is 11.1 Å². The minimum Gasteiger partial charge on any atom is -0.409 e. The van der Waals surface area contributed by atoms with Crippen LogP contribution >= 0.6 is 11.8 Å². The maximum atomic E-state index is 12.4. The van der Waals surface area contributed by atoms with Gasteiger partial charge in [-0.15, -0.1) is 0 Å². The van der Waals surface area contributed by atoms with Gasteiger partial charge in [-0.1, -0.05) is 16.9 Å². The van der Waals surface area contributed by atoms with Gasteiger partial charge in [0, 0.05) is 18.0 Å². The van der Waals surface area contributed by atoms with Gasteiger partial charge in [0.25, 0.3) is 0 Å². The molecule has 0 saturated heterocycles. The Morgan fingerprint density at radius 2 is 1.95 bits per heavy atom. The fourth-order valence-electron chi connectivity index (χ4n) is 1.40. The highest BCUT2D eigenvalue weighted by molar-refractivity contribution is 7.99. The van der Waals surface area contributed by atoms with Crippen molar-refractivity contribution in [2.75, 3.05) is 0 Å². The third-order valence-corrected chi connectivity index (χ3v) is 3.29. The molecular weight excluding hydrogens is 305 g/mol. The Hall–Kier alpha value is -2.29. The Morgan fingerprint density at radius 3 is 2.52 bits per heavy atom. The van der Waals surface area contributed by atoms with Crippen molar-refractivity contribution < 1.29 is 18.4 Å². The molecule has 110 valence electrons. The molecule has 9 heteroatoms. The van der Waals surface area contributed by atoms with Gasteiger partial charge >= 0.3 is 6.18 Å². The number of nitrogens with two attached hydrogens (primary N) is 1. The van der Waals surface area contributed by atoms with E-state index in [1.165, 1.54) is 12.3 Å². The Kier molecular flexibility index (Phi) is 4.32. The van der Waals surface area contributed by atoms with Crippen LogP contribution in [-0.4, -0.2) is 21.0 Å². The average molecular weight is 314 g/mol. The first-order chi connectivity index (χ1) is 9.90. The SMILES string of the molecule is N/C(=N\O)c1ccnc(Sc2ccc(C(F)(F)F)cn2)c1. The van der Waals surface area contributed by atoms with E-state index in [0.717, 1.165) is 24.0 Å². The fraction of sp³-hybridized carbons (Fsp3) is 0.0833. The summed E-state index contributed by atoms with van der Waals surface area (Å²) in [5, 5.41) is 12.3. The molecule has 0 bridgehead atoms. The third kappa shape index (κ3) is 3.85. The molecule has 2 aromatic rings. The monoisotopic (exact) mass is 314 g/mol. The molecule has 0 unspecified atom stereocenters. The molecule has 2 heterocycles. The molecule has 21 heavy (non-hydrogen) atoms. The number of rotatable bonds is 3. The Morgan fingerprint density at radius 1 is 1.19 bits per heavy atom. The van der Waals surface area contributed by atoms with Gasteiger partial charge in [-0.3, -0.25) is 0 Å². The zero-order valence-electron chi connectivity index (χ0n) is 10.4. The van der Waals surface area contributed by atoms with Gasteiger partial charge in [-0.25, -0.2) is 9.97 Å². The zero-order valence-corrected chi connectivity index (χ0v) is 11.2. The highest BCUT2D eigenvalue weighted by Gasteiger charge is 2.30.